The van der Waals surface area contributed by atoms with Crippen molar-refractivity contribution in [2.45, 2.75) is 57.9 Å². The van der Waals surface area contributed by atoms with Gasteiger partial charge in [0, 0.05) is 19.3 Å². The van der Waals surface area contributed by atoms with Crippen LogP contribution < -0.4 is 5.32 Å². The second-order valence-electron chi connectivity index (χ2n) is 5.53. The highest BCUT2D eigenvalue weighted by atomic mass is 16.5. The zero-order chi connectivity index (χ0) is 11.2. The van der Waals surface area contributed by atoms with Crippen molar-refractivity contribution < 1.29 is 4.74 Å². The van der Waals surface area contributed by atoms with Gasteiger partial charge in [0.15, 0.2) is 0 Å². The van der Waals surface area contributed by atoms with Crippen molar-refractivity contribution in [3.8, 4) is 0 Å². The van der Waals surface area contributed by atoms with Gasteiger partial charge in [-0.15, -0.1) is 0 Å². The third kappa shape index (κ3) is 3.46. The highest BCUT2D eigenvalue weighted by molar-refractivity contribution is 4.80. The highest BCUT2D eigenvalue weighted by Crippen LogP contribution is 2.27. The molecule has 1 N–H and O–H groups in total. The Balaban J connectivity index is 1.63. The van der Waals surface area contributed by atoms with E-state index in [0.29, 0.717) is 0 Å². The van der Waals surface area contributed by atoms with E-state index in [-0.39, 0.29) is 0 Å². The Morgan fingerprint density at radius 2 is 2.06 bits per heavy atom. The molecule has 1 saturated carbocycles. The molecule has 1 saturated heterocycles. The molecule has 0 aromatic heterocycles. The Kier molecular flexibility index (Phi) is 5.11. The minimum absolute atomic E-state index is 0.807. The van der Waals surface area contributed by atoms with E-state index in [1.54, 1.807) is 0 Å². The van der Waals surface area contributed by atoms with E-state index in [2.05, 4.69) is 12.2 Å². The predicted octanol–water partition coefficient (Wildman–Crippen LogP) is 2.97. The van der Waals surface area contributed by atoms with Gasteiger partial charge >= 0.3 is 0 Å². The number of hydrogen-bond acceptors (Lipinski definition) is 2. The van der Waals surface area contributed by atoms with E-state index >= 15 is 0 Å². The largest absolute Gasteiger partial charge is 0.381 e. The van der Waals surface area contributed by atoms with Crippen LogP contribution in [0.4, 0.5) is 0 Å². The van der Waals surface area contributed by atoms with Crippen molar-refractivity contribution in [1.82, 2.24) is 5.32 Å². The van der Waals surface area contributed by atoms with Crippen LogP contribution in [0.1, 0.15) is 51.9 Å². The predicted molar refractivity (Wildman–Crippen MR) is 67.6 cm³/mol. The van der Waals surface area contributed by atoms with Crippen LogP contribution in [-0.4, -0.2) is 25.8 Å². The van der Waals surface area contributed by atoms with Crippen molar-refractivity contribution in [3.63, 3.8) is 0 Å². The maximum atomic E-state index is 5.41. The lowest BCUT2D eigenvalue weighted by molar-refractivity contribution is 0.182. The SMILES string of the molecule is CCC1CCCCC1NCCC1CCOC1. The molecule has 2 rings (SSSR count). The lowest BCUT2D eigenvalue weighted by Gasteiger charge is -2.32. The molecule has 0 bridgehead atoms. The van der Waals surface area contributed by atoms with Crippen molar-refractivity contribution in [3.05, 3.63) is 0 Å². The average Bonchev–Trinajstić information content (AvgIpc) is 2.83. The number of hydrogen-bond donors (Lipinski definition) is 1. The lowest BCUT2D eigenvalue weighted by atomic mass is 9.83. The highest BCUT2D eigenvalue weighted by Gasteiger charge is 2.23. The van der Waals surface area contributed by atoms with Crippen LogP contribution in [0.5, 0.6) is 0 Å². The summed E-state index contributed by atoms with van der Waals surface area (Å²) in [6.45, 7) is 5.54. The molecule has 0 radical (unpaired) electrons. The summed E-state index contributed by atoms with van der Waals surface area (Å²) >= 11 is 0. The maximum absolute atomic E-state index is 5.41. The molecule has 2 fully saturated rings. The minimum Gasteiger partial charge on any atom is -0.381 e. The Morgan fingerprint density at radius 3 is 2.81 bits per heavy atom. The van der Waals surface area contributed by atoms with E-state index in [0.717, 1.165) is 31.1 Å². The first-order valence-electron chi connectivity index (χ1n) is 7.21. The van der Waals surface area contributed by atoms with Gasteiger partial charge in [-0.1, -0.05) is 26.2 Å². The topological polar surface area (TPSA) is 21.3 Å². The van der Waals surface area contributed by atoms with Crippen molar-refractivity contribution in [2.75, 3.05) is 19.8 Å². The summed E-state index contributed by atoms with van der Waals surface area (Å²) in [6, 6.07) is 0.807. The van der Waals surface area contributed by atoms with Crippen LogP contribution in [0.15, 0.2) is 0 Å². The van der Waals surface area contributed by atoms with Crippen LogP contribution in [-0.2, 0) is 4.74 Å². The van der Waals surface area contributed by atoms with Gasteiger partial charge in [-0.2, -0.15) is 0 Å². The molecule has 1 heterocycles. The summed E-state index contributed by atoms with van der Waals surface area (Å²) in [5, 5.41) is 3.79. The Labute approximate surface area is 100 Å². The Bertz CT molecular complexity index is 189. The molecule has 2 heteroatoms. The van der Waals surface area contributed by atoms with Gasteiger partial charge in [-0.25, -0.2) is 0 Å². The summed E-state index contributed by atoms with van der Waals surface area (Å²) in [5.41, 5.74) is 0. The van der Waals surface area contributed by atoms with Gasteiger partial charge < -0.3 is 10.1 Å². The average molecular weight is 225 g/mol. The third-order valence-electron chi connectivity index (χ3n) is 4.42. The first-order chi connectivity index (χ1) is 7.90. The normalized spacial score (nSPS) is 35.4. The fourth-order valence-electron chi connectivity index (χ4n) is 3.25. The second kappa shape index (κ2) is 6.61. The first kappa shape index (κ1) is 12.4. The Morgan fingerprint density at radius 1 is 1.19 bits per heavy atom. The van der Waals surface area contributed by atoms with Gasteiger partial charge in [0.1, 0.15) is 0 Å². The van der Waals surface area contributed by atoms with Crippen LogP contribution in [0.3, 0.4) is 0 Å². The molecule has 1 aliphatic carbocycles. The van der Waals surface area contributed by atoms with E-state index < -0.39 is 0 Å². The summed E-state index contributed by atoms with van der Waals surface area (Å²) in [6.07, 6.45) is 9.68. The quantitative estimate of drug-likeness (QED) is 0.776. The molecule has 0 spiro atoms. The monoisotopic (exact) mass is 225 g/mol. The van der Waals surface area contributed by atoms with Crippen LogP contribution in [0.2, 0.25) is 0 Å². The van der Waals surface area contributed by atoms with Crippen molar-refractivity contribution in [1.29, 1.82) is 0 Å². The van der Waals surface area contributed by atoms with Gasteiger partial charge in [0.05, 0.1) is 0 Å². The number of nitrogens with one attached hydrogen (secondary N) is 1. The van der Waals surface area contributed by atoms with Gasteiger partial charge in [0.2, 0.25) is 0 Å². The summed E-state index contributed by atoms with van der Waals surface area (Å²) in [4.78, 5) is 0. The molecule has 0 aromatic carbocycles. The molecule has 0 aromatic rings. The van der Waals surface area contributed by atoms with E-state index in [1.807, 2.05) is 0 Å². The standard InChI is InChI=1S/C14H27NO/c1-2-13-5-3-4-6-14(13)15-9-7-12-8-10-16-11-12/h12-15H,2-11H2,1H3. The smallest absolute Gasteiger partial charge is 0.0495 e. The molecule has 3 unspecified atom stereocenters. The van der Waals surface area contributed by atoms with E-state index in [9.17, 15) is 0 Å². The fraction of sp³-hybridized carbons (Fsp3) is 1.00. The number of rotatable bonds is 5. The molecule has 16 heavy (non-hydrogen) atoms. The lowest BCUT2D eigenvalue weighted by Crippen LogP contribution is -2.39. The minimum atomic E-state index is 0.807. The zero-order valence-electron chi connectivity index (χ0n) is 10.7. The molecule has 0 amide bonds. The summed E-state index contributed by atoms with van der Waals surface area (Å²) in [5.74, 6) is 1.77. The second-order valence-corrected chi connectivity index (χ2v) is 5.53. The van der Waals surface area contributed by atoms with Gasteiger partial charge in [-0.3, -0.25) is 0 Å². The third-order valence-corrected chi connectivity index (χ3v) is 4.42. The van der Waals surface area contributed by atoms with Gasteiger partial charge in [-0.05, 0) is 44.1 Å². The van der Waals surface area contributed by atoms with Crippen LogP contribution in [0, 0.1) is 11.8 Å². The van der Waals surface area contributed by atoms with Crippen LogP contribution in [0.25, 0.3) is 0 Å². The van der Waals surface area contributed by atoms with Crippen LogP contribution >= 0.6 is 0 Å². The fourth-order valence-corrected chi connectivity index (χ4v) is 3.25. The number of ether oxygens (including phenoxy) is 1. The zero-order valence-corrected chi connectivity index (χ0v) is 10.7. The van der Waals surface area contributed by atoms with Gasteiger partial charge in [0.25, 0.3) is 0 Å². The molecular weight excluding hydrogens is 198 g/mol. The Hall–Kier alpha value is -0.0800. The summed E-state index contributed by atoms with van der Waals surface area (Å²) in [7, 11) is 0. The summed E-state index contributed by atoms with van der Waals surface area (Å²) < 4.78 is 5.41. The molecule has 2 nitrogen and oxygen atoms in total. The maximum Gasteiger partial charge on any atom is 0.0495 e. The molecule has 2 aliphatic rings. The van der Waals surface area contributed by atoms with Crippen molar-refractivity contribution in [2.24, 2.45) is 11.8 Å². The molecule has 1 aliphatic heterocycles. The van der Waals surface area contributed by atoms with E-state index in [1.165, 1.54) is 51.5 Å². The first-order valence-corrected chi connectivity index (χ1v) is 7.21. The van der Waals surface area contributed by atoms with Crippen molar-refractivity contribution >= 4 is 0 Å². The van der Waals surface area contributed by atoms with E-state index in [4.69, 9.17) is 4.74 Å². The molecular formula is C14H27NO. The molecule has 94 valence electrons. The molecule has 3 atom stereocenters.